The second-order valence-corrected chi connectivity index (χ2v) is 4.09. The topological polar surface area (TPSA) is 72.5 Å². The predicted octanol–water partition coefficient (Wildman–Crippen LogP) is 1.67. The van der Waals surface area contributed by atoms with Crippen molar-refractivity contribution in [2.24, 2.45) is 0 Å². The Morgan fingerprint density at radius 2 is 2.40 bits per heavy atom. The van der Waals surface area contributed by atoms with Gasteiger partial charge in [-0.15, -0.1) is 0 Å². The molecule has 0 radical (unpaired) electrons. The monoisotopic (exact) mass is 223 g/mol. The number of nitrogens with zero attached hydrogens (tertiary/aromatic N) is 3. The van der Waals surface area contributed by atoms with Crippen LogP contribution in [0, 0.1) is 6.92 Å². The summed E-state index contributed by atoms with van der Waals surface area (Å²) in [6, 6.07) is 0. The quantitative estimate of drug-likeness (QED) is 0.830. The number of rotatable bonds is 3. The fourth-order valence-electron chi connectivity index (χ4n) is 1.29. The van der Waals surface area contributed by atoms with Gasteiger partial charge in [0.25, 0.3) is 0 Å². The SMILES string of the molecule is CCn1nc(C)c(N)c1Sc1ncc[nH]1. The summed E-state index contributed by atoms with van der Waals surface area (Å²) in [5, 5.41) is 6.12. The van der Waals surface area contributed by atoms with E-state index in [0.717, 1.165) is 28.1 Å². The van der Waals surface area contributed by atoms with Crippen LogP contribution >= 0.6 is 11.8 Å². The van der Waals surface area contributed by atoms with Gasteiger partial charge in [-0.3, -0.25) is 4.68 Å². The van der Waals surface area contributed by atoms with Gasteiger partial charge in [-0.2, -0.15) is 5.10 Å². The molecule has 6 heteroatoms. The maximum absolute atomic E-state index is 5.95. The van der Waals surface area contributed by atoms with E-state index in [1.54, 1.807) is 12.4 Å². The van der Waals surface area contributed by atoms with Crippen molar-refractivity contribution in [3.05, 3.63) is 18.1 Å². The van der Waals surface area contributed by atoms with Crippen molar-refractivity contribution in [1.82, 2.24) is 19.7 Å². The van der Waals surface area contributed by atoms with Crippen molar-refractivity contribution < 1.29 is 0 Å². The lowest BCUT2D eigenvalue weighted by Gasteiger charge is -2.02. The number of H-pyrrole nitrogens is 1. The number of aromatic nitrogens is 4. The molecule has 80 valence electrons. The van der Waals surface area contributed by atoms with Gasteiger partial charge in [-0.05, 0) is 25.6 Å². The molecule has 0 aromatic carbocycles. The predicted molar refractivity (Wildman–Crippen MR) is 59.8 cm³/mol. The van der Waals surface area contributed by atoms with Gasteiger partial charge < -0.3 is 10.7 Å². The second kappa shape index (κ2) is 3.98. The smallest absolute Gasteiger partial charge is 0.171 e. The number of anilines is 1. The van der Waals surface area contributed by atoms with Gasteiger partial charge in [0, 0.05) is 18.9 Å². The highest BCUT2D eigenvalue weighted by Gasteiger charge is 2.13. The van der Waals surface area contributed by atoms with Gasteiger partial charge in [0.2, 0.25) is 0 Å². The zero-order valence-electron chi connectivity index (χ0n) is 8.69. The highest BCUT2D eigenvalue weighted by molar-refractivity contribution is 7.99. The summed E-state index contributed by atoms with van der Waals surface area (Å²) in [7, 11) is 0. The van der Waals surface area contributed by atoms with E-state index in [2.05, 4.69) is 15.1 Å². The van der Waals surface area contributed by atoms with E-state index >= 15 is 0 Å². The summed E-state index contributed by atoms with van der Waals surface area (Å²) in [5.74, 6) is 0. The molecule has 0 saturated heterocycles. The molecule has 2 rings (SSSR count). The van der Waals surface area contributed by atoms with Crippen LogP contribution in [0.1, 0.15) is 12.6 Å². The molecule has 0 aliphatic carbocycles. The number of nitrogen functional groups attached to an aromatic ring is 1. The molecule has 0 aliphatic rings. The first-order chi connectivity index (χ1) is 7.22. The number of hydrogen-bond acceptors (Lipinski definition) is 4. The Labute approximate surface area is 92.1 Å². The lowest BCUT2D eigenvalue weighted by atomic mass is 10.4. The highest BCUT2D eigenvalue weighted by Crippen LogP contribution is 2.31. The van der Waals surface area contributed by atoms with Crippen LogP contribution in [0.15, 0.2) is 22.6 Å². The van der Waals surface area contributed by atoms with Crippen LogP contribution in [0.2, 0.25) is 0 Å². The van der Waals surface area contributed by atoms with Gasteiger partial charge in [0.05, 0.1) is 11.4 Å². The van der Waals surface area contributed by atoms with E-state index < -0.39 is 0 Å². The molecule has 0 unspecified atom stereocenters. The number of aryl methyl sites for hydroxylation is 2. The Morgan fingerprint density at radius 3 is 3.00 bits per heavy atom. The van der Waals surface area contributed by atoms with Crippen LogP contribution in [0.5, 0.6) is 0 Å². The molecule has 0 fully saturated rings. The van der Waals surface area contributed by atoms with Gasteiger partial charge in [-0.25, -0.2) is 4.98 Å². The van der Waals surface area contributed by atoms with Crippen LogP contribution in [0.25, 0.3) is 0 Å². The first-order valence-corrected chi connectivity index (χ1v) is 5.54. The fourth-order valence-corrected chi connectivity index (χ4v) is 2.25. The van der Waals surface area contributed by atoms with Crippen LogP contribution in [-0.4, -0.2) is 19.7 Å². The van der Waals surface area contributed by atoms with Crippen molar-refractivity contribution in [1.29, 1.82) is 0 Å². The molecule has 3 N–H and O–H groups in total. The Kier molecular flexibility index (Phi) is 2.68. The van der Waals surface area contributed by atoms with Crippen molar-refractivity contribution in [2.45, 2.75) is 30.6 Å². The molecule has 0 aliphatic heterocycles. The number of nitrogens with two attached hydrogens (primary N) is 1. The zero-order chi connectivity index (χ0) is 10.8. The Morgan fingerprint density at radius 1 is 1.60 bits per heavy atom. The molecular weight excluding hydrogens is 210 g/mol. The van der Waals surface area contributed by atoms with Gasteiger partial charge in [0.1, 0.15) is 5.03 Å². The molecule has 0 saturated carbocycles. The maximum Gasteiger partial charge on any atom is 0.171 e. The van der Waals surface area contributed by atoms with E-state index in [4.69, 9.17) is 5.73 Å². The minimum Gasteiger partial charge on any atom is -0.395 e. The Bertz CT molecular complexity index is 445. The van der Waals surface area contributed by atoms with E-state index in [1.807, 2.05) is 18.5 Å². The molecule has 0 atom stereocenters. The van der Waals surface area contributed by atoms with Gasteiger partial charge in [-0.1, -0.05) is 0 Å². The Hall–Kier alpha value is -1.43. The summed E-state index contributed by atoms with van der Waals surface area (Å²) < 4.78 is 1.89. The van der Waals surface area contributed by atoms with Crippen LogP contribution in [-0.2, 0) is 6.54 Å². The summed E-state index contributed by atoms with van der Waals surface area (Å²) in [4.78, 5) is 7.18. The Balaban J connectivity index is 2.34. The summed E-state index contributed by atoms with van der Waals surface area (Å²) in [6.07, 6.45) is 3.51. The van der Waals surface area contributed by atoms with Gasteiger partial charge >= 0.3 is 0 Å². The summed E-state index contributed by atoms with van der Waals surface area (Å²) in [5.41, 5.74) is 7.55. The molecule has 2 aromatic rings. The van der Waals surface area contributed by atoms with Crippen molar-refractivity contribution in [2.75, 3.05) is 5.73 Å². The van der Waals surface area contributed by atoms with Crippen LogP contribution < -0.4 is 5.73 Å². The second-order valence-electron chi connectivity index (χ2n) is 3.12. The molecule has 2 aromatic heterocycles. The van der Waals surface area contributed by atoms with Gasteiger partial charge in [0.15, 0.2) is 5.16 Å². The maximum atomic E-state index is 5.95. The third-order valence-electron chi connectivity index (χ3n) is 2.09. The van der Waals surface area contributed by atoms with Crippen molar-refractivity contribution >= 4 is 17.4 Å². The first kappa shape index (κ1) is 10.1. The summed E-state index contributed by atoms with van der Waals surface area (Å²) >= 11 is 1.50. The summed E-state index contributed by atoms with van der Waals surface area (Å²) in [6.45, 7) is 4.76. The number of hydrogen-bond donors (Lipinski definition) is 2. The molecule has 0 spiro atoms. The normalized spacial score (nSPS) is 10.8. The lowest BCUT2D eigenvalue weighted by Crippen LogP contribution is -1.99. The highest BCUT2D eigenvalue weighted by atomic mass is 32.2. The molecular formula is C9H13N5S. The minimum absolute atomic E-state index is 0.734. The number of nitrogens with one attached hydrogen (secondary N) is 1. The van der Waals surface area contributed by atoms with Crippen molar-refractivity contribution in [3.8, 4) is 0 Å². The van der Waals surface area contributed by atoms with E-state index in [0.29, 0.717) is 0 Å². The molecule has 2 heterocycles. The largest absolute Gasteiger partial charge is 0.395 e. The fraction of sp³-hybridized carbons (Fsp3) is 0.333. The molecule has 15 heavy (non-hydrogen) atoms. The standard InChI is InChI=1S/C9H13N5S/c1-3-14-8(7(10)6(2)13-14)15-9-11-4-5-12-9/h4-5H,3,10H2,1-2H3,(H,11,12). The van der Waals surface area contributed by atoms with E-state index in [9.17, 15) is 0 Å². The lowest BCUT2D eigenvalue weighted by molar-refractivity contribution is 0.601. The average molecular weight is 223 g/mol. The zero-order valence-corrected chi connectivity index (χ0v) is 9.51. The van der Waals surface area contributed by atoms with Crippen LogP contribution in [0.4, 0.5) is 5.69 Å². The number of imidazole rings is 1. The minimum atomic E-state index is 0.734. The number of aromatic amines is 1. The average Bonchev–Trinajstić information content (AvgIpc) is 2.82. The first-order valence-electron chi connectivity index (χ1n) is 4.72. The molecule has 0 amide bonds. The molecule has 5 nitrogen and oxygen atoms in total. The van der Waals surface area contributed by atoms with E-state index in [-0.39, 0.29) is 0 Å². The van der Waals surface area contributed by atoms with Crippen molar-refractivity contribution in [3.63, 3.8) is 0 Å². The van der Waals surface area contributed by atoms with E-state index in [1.165, 1.54) is 11.8 Å². The van der Waals surface area contributed by atoms with Crippen LogP contribution in [0.3, 0.4) is 0 Å². The third-order valence-corrected chi connectivity index (χ3v) is 3.13. The molecule has 0 bridgehead atoms. The third kappa shape index (κ3) is 1.85.